The molecule has 0 fully saturated rings. The van der Waals surface area contributed by atoms with Crippen LogP contribution in [0.5, 0.6) is 0 Å². The number of Topliss-reactive ketones (excluding diaryl/α,β-unsaturated/α-hetero) is 1. The van der Waals surface area contributed by atoms with Gasteiger partial charge >= 0.3 is 6.03 Å². The molecule has 1 aliphatic rings. The van der Waals surface area contributed by atoms with Gasteiger partial charge in [-0.3, -0.25) is 4.79 Å². The van der Waals surface area contributed by atoms with E-state index in [-0.39, 0.29) is 17.0 Å². The van der Waals surface area contributed by atoms with Crippen molar-refractivity contribution in [3.05, 3.63) is 52.3 Å². The van der Waals surface area contributed by atoms with Crippen LogP contribution in [0.4, 0.5) is 4.79 Å². The Morgan fingerprint density at radius 1 is 1.32 bits per heavy atom. The van der Waals surface area contributed by atoms with E-state index in [9.17, 15) is 9.59 Å². The molecule has 112 valence electrons. The van der Waals surface area contributed by atoms with E-state index in [1.165, 1.54) is 6.92 Å². The number of fused-ring (bicyclic) bond motifs is 1. The van der Waals surface area contributed by atoms with E-state index >= 15 is 0 Å². The van der Waals surface area contributed by atoms with Gasteiger partial charge in [-0.05, 0) is 26.0 Å². The number of pyridine rings is 1. The smallest absolute Gasteiger partial charge is 0.319 e. The molecule has 6 heteroatoms. The van der Waals surface area contributed by atoms with E-state index in [2.05, 4.69) is 15.6 Å². The fourth-order valence-electron chi connectivity index (χ4n) is 2.71. The first-order valence-electron chi connectivity index (χ1n) is 6.82. The van der Waals surface area contributed by atoms with Crippen LogP contribution < -0.4 is 10.6 Å². The Balaban J connectivity index is 2.20. The molecule has 0 bridgehead atoms. The standard InChI is InChI=1S/C16H14ClN3O2/c1-8-13(9(2)21)14(20-16(22)18-8)11-7-10-5-3-4-6-12(10)19-15(11)17/h3-7,14H,1-2H3,(H2,18,20,22). The lowest BCUT2D eigenvalue weighted by Crippen LogP contribution is -2.44. The lowest BCUT2D eigenvalue weighted by atomic mass is 9.93. The number of nitrogens with one attached hydrogen (secondary N) is 2. The molecule has 2 heterocycles. The molecule has 0 spiro atoms. The van der Waals surface area contributed by atoms with Crippen LogP contribution in [0.25, 0.3) is 10.9 Å². The highest BCUT2D eigenvalue weighted by Crippen LogP contribution is 2.32. The van der Waals surface area contributed by atoms with Crippen LogP contribution in [-0.2, 0) is 4.79 Å². The topological polar surface area (TPSA) is 71.1 Å². The number of urea groups is 1. The zero-order valence-corrected chi connectivity index (χ0v) is 12.9. The van der Waals surface area contributed by atoms with Gasteiger partial charge in [-0.1, -0.05) is 29.8 Å². The van der Waals surface area contributed by atoms with Crippen molar-refractivity contribution in [2.45, 2.75) is 19.9 Å². The van der Waals surface area contributed by atoms with Gasteiger partial charge in [0.15, 0.2) is 5.78 Å². The quantitative estimate of drug-likeness (QED) is 0.836. The van der Waals surface area contributed by atoms with Crippen LogP contribution in [-0.4, -0.2) is 16.8 Å². The number of amides is 2. The lowest BCUT2D eigenvalue weighted by Gasteiger charge is -2.28. The van der Waals surface area contributed by atoms with Crippen LogP contribution in [0.15, 0.2) is 41.6 Å². The van der Waals surface area contributed by atoms with Crippen LogP contribution in [0, 0.1) is 0 Å². The Morgan fingerprint density at radius 3 is 2.77 bits per heavy atom. The number of benzene rings is 1. The number of nitrogens with zero attached hydrogens (tertiary/aromatic N) is 1. The van der Waals surface area contributed by atoms with Crippen molar-refractivity contribution in [2.75, 3.05) is 0 Å². The molecule has 2 N–H and O–H groups in total. The summed E-state index contributed by atoms with van der Waals surface area (Å²) in [5.41, 5.74) is 2.39. The zero-order chi connectivity index (χ0) is 15.9. The summed E-state index contributed by atoms with van der Waals surface area (Å²) >= 11 is 6.29. The van der Waals surface area contributed by atoms with Crippen molar-refractivity contribution in [1.29, 1.82) is 0 Å². The summed E-state index contributed by atoms with van der Waals surface area (Å²) in [7, 11) is 0. The molecule has 0 aliphatic carbocycles. The van der Waals surface area contributed by atoms with Gasteiger partial charge < -0.3 is 10.6 Å². The maximum atomic E-state index is 12.0. The Kier molecular flexibility index (Phi) is 3.58. The first-order chi connectivity index (χ1) is 10.5. The van der Waals surface area contributed by atoms with Gasteiger partial charge in [0.25, 0.3) is 0 Å². The highest BCUT2D eigenvalue weighted by atomic mass is 35.5. The minimum atomic E-state index is -0.601. The Morgan fingerprint density at radius 2 is 2.05 bits per heavy atom. The fourth-order valence-corrected chi connectivity index (χ4v) is 2.96. The lowest BCUT2D eigenvalue weighted by molar-refractivity contribution is -0.114. The molecule has 0 saturated carbocycles. The monoisotopic (exact) mass is 315 g/mol. The van der Waals surface area contributed by atoms with Crippen LogP contribution in [0.2, 0.25) is 5.15 Å². The number of para-hydroxylation sites is 1. The number of allylic oxidation sites excluding steroid dienone is 1. The van der Waals surface area contributed by atoms with Gasteiger partial charge in [0.05, 0.1) is 11.6 Å². The molecule has 0 saturated heterocycles. The predicted molar refractivity (Wildman–Crippen MR) is 84.5 cm³/mol. The third kappa shape index (κ3) is 2.44. The average molecular weight is 316 g/mol. The molecule has 1 aromatic heterocycles. The summed E-state index contributed by atoms with van der Waals surface area (Å²) < 4.78 is 0. The SMILES string of the molecule is CC(=O)C1=C(C)NC(=O)NC1c1cc2ccccc2nc1Cl. The van der Waals surface area contributed by atoms with Gasteiger partial charge in [0.2, 0.25) is 0 Å². The molecule has 5 nitrogen and oxygen atoms in total. The van der Waals surface area contributed by atoms with Crippen molar-refractivity contribution >= 4 is 34.3 Å². The fraction of sp³-hybridized carbons (Fsp3) is 0.188. The summed E-state index contributed by atoms with van der Waals surface area (Å²) in [5, 5.41) is 6.53. The van der Waals surface area contributed by atoms with Crippen molar-refractivity contribution < 1.29 is 9.59 Å². The highest BCUT2D eigenvalue weighted by molar-refractivity contribution is 6.30. The van der Waals surface area contributed by atoms with Crippen LogP contribution in [0.3, 0.4) is 0 Å². The Bertz CT molecular complexity index is 829. The second kappa shape index (κ2) is 5.42. The van der Waals surface area contributed by atoms with Crippen molar-refractivity contribution in [3.8, 4) is 0 Å². The molecule has 1 atom stereocenters. The van der Waals surface area contributed by atoms with E-state index < -0.39 is 6.04 Å². The number of halogens is 1. The van der Waals surface area contributed by atoms with Crippen LogP contribution >= 0.6 is 11.6 Å². The molecule has 2 aromatic rings. The predicted octanol–water partition coefficient (Wildman–Crippen LogP) is 3.11. The number of carbonyl (C=O) groups excluding carboxylic acids is 2. The van der Waals surface area contributed by atoms with Gasteiger partial charge in [-0.25, -0.2) is 9.78 Å². The van der Waals surface area contributed by atoms with Crippen LogP contribution in [0.1, 0.15) is 25.5 Å². The molecule has 1 aliphatic heterocycles. The molecule has 1 unspecified atom stereocenters. The van der Waals surface area contributed by atoms with Crippen molar-refractivity contribution in [2.24, 2.45) is 0 Å². The number of ketones is 1. The minimum absolute atomic E-state index is 0.126. The van der Waals surface area contributed by atoms with E-state index in [0.717, 1.165) is 10.9 Å². The average Bonchev–Trinajstić information content (AvgIpc) is 2.45. The van der Waals surface area contributed by atoms with Gasteiger partial charge in [-0.15, -0.1) is 0 Å². The molecular weight excluding hydrogens is 302 g/mol. The van der Waals surface area contributed by atoms with Crippen molar-refractivity contribution in [3.63, 3.8) is 0 Å². The first kappa shape index (κ1) is 14.5. The molecular formula is C16H14ClN3O2. The third-order valence-corrected chi connectivity index (χ3v) is 3.97. The summed E-state index contributed by atoms with van der Waals surface area (Å²) in [6.07, 6.45) is 0. The minimum Gasteiger partial charge on any atom is -0.327 e. The second-order valence-electron chi connectivity index (χ2n) is 5.19. The summed E-state index contributed by atoms with van der Waals surface area (Å²) in [4.78, 5) is 28.1. The van der Waals surface area contributed by atoms with Crippen molar-refractivity contribution in [1.82, 2.24) is 15.6 Å². The number of hydrogen-bond donors (Lipinski definition) is 2. The first-order valence-corrected chi connectivity index (χ1v) is 7.19. The maximum Gasteiger partial charge on any atom is 0.319 e. The maximum absolute atomic E-state index is 12.0. The van der Waals surface area contributed by atoms with Gasteiger partial charge in [0.1, 0.15) is 5.15 Å². The zero-order valence-electron chi connectivity index (χ0n) is 12.1. The second-order valence-corrected chi connectivity index (χ2v) is 5.55. The molecule has 1 aromatic carbocycles. The Labute approximate surface area is 132 Å². The van der Waals surface area contributed by atoms with E-state index in [1.807, 2.05) is 30.3 Å². The normalized spacial score (nSPS) is 18.1. The van der Waals surface area contributed by atoms with E-state index in [1.54, 1.807) is 6.92 Å². The van der Waals surface area contributed by atoms with E-state index in [4.69, 9.17) is 11.6 Å². The third-order valence-electron chi connectivity index (χ3n) is 3.66. The summed E-state index contributed by atoms with van der Waals surface area (Å²) in [5.74, 6) is -0.126. The summed E-state index contributed by atoms with van der Waals surface area (Å²) in [6.45, 7) is 3.16. The molecule has 0 radical (unpaired) electrons. The number of hydrogen-bond acceptors (Lipinski definition) is 3. The largest absolute Gasteiger partial charge is 0.327 e. The molecule has 22 heavy (non-hydrogen) atoms. The number of carbonyl (C=O) groups is 2. The highest BCUT2D eigenvalue weighted by Gasteiger charge is 2.31. The summed E-state index contributed by atoms with van der Waals surface area (Å²) in [6, 6.07) is 8.44. The number of aromatic nitrogens is 1. The molecule has 2 amide bonds. The molecule has 3 rings (SSSR count). The van der Waals surface area contributed by atoms with E-state index in [0.29, 0.717) is 16.8 Å². The number of rotatable bonds is 2. The Hall–Kier alpha value is -2.40. The van der Waals surface area contributed by atoms with Gasteiger partial charge in [-0.2, -0.15) is 0 Å². The van der Waals surface area contributed by atoms with Gasteiger partial charge in [0, 0.05) is 22.2 Å².